The highest BCUT2D eigenvalue weighted by molar-refractivity contribution is 6.60. The van der Waals surface area contributed by atoms with E-state index in [0.717, 1.165) is 16.6 Å². The molecule has 0 rings (SSSR count). The molecule has 18 heavy (non-hydrogen) atoms. The van der Waals surface area contributed by atoms with Crippen molar-refractivity contribution in [2.24, 2.45) is 11.8 Å². The summed E-state index contributed by atoms with van der Waals surface area (Å²) in [5, 5.41) is 3.13. The molecule has 0 aliphatic heterocycles. The average Bonchev–Trinajstić information content (AvgIpc) is 2.26. The standard InChI is InChI=1S/C9H19.2C4H9.Al/c1-3-5-7-9-8-6-4-2;2*1-4(2)3;/h3H,4-9H2,1-2H3;2*4H,1H2,2-3H3;. The lowest BCUT2D eigenvalue weighted by Gasteiger charge is -2.23. The first-order valence-electron chi connectivity index (χ1n) is 8.47. The van der Waals surface area contributed by atoms with Crippen molar-refractivity contribution in [3.05, 3.63) is 0 Å². The van der Waals surface area contributed by atoms with Gasteiger partial charge in [-0.05, 0) is 0 Å². The van der Waals surface area contributed by atoms with E-state index in [-0.39, 0.29) is 0 Å². The first kappa shape index (κ1) is 18.5. The van der Waals surface area contributed by atoms with Crippen LogP contribution in [0, 0.1) is 11.8 Å². The van der Waals surface area contributed by atoms with Crippen molar-refractivity contribution in [2.75, 3.05) is 0 Å². The second-order valence-electron chi connectivity index (χ2n) is 7.20. The maximum atomic E-state index is 2.56. The molecule has 0 nitrogen and oxygen atoms in total. The van der Waals surface area contributed by atoms with Crippen molar-refractivity contribution < 1.29 is 0 Å². The van der Waals surface area contributed by atoms with E-state index in [1.54, 1.807) is 10.6 Å². The topological polar surface area (TPSA) is 0 Å². The predicted octanol–water partition coefficient (Wildman–Crippen LogP) is 6.54. The third-order valence-corrected chi connectivity index (χ3v) is 9.16. The van der Waals surface area contributed by atoms with Gasteiger partial charge in [0.25, 0.3) is 14.1 Å². The molecular weight excluding hydrogens is 231 g/mol. The first-order valence-corrected chi connectivity index (χ1v) is 10.8. The van der Waals surface area contributed by atoms with E-state index in [0.29, 0.717) is 0 Å². The van der Waals surface area contributed by atoms with Gasteiger partial charge in [-0.3, -0.25) is 0 Å². The molecule has 0 aromatic heterocycles. The van der Waals surface area contributed by atoms with Crippen LogP contribution in [0.3, 0.4) is 0 Å². The van der Waals surface area contributed by atoms with Crippen LogP contribution in [0.5, 0.6) is 0 Å². The largest absolute Gasteiger partial charge is 0.265 e. The van der Waals surface area contributed by atoms with Crippen LogP contribution < -0.4 is 0 Å². The Bertz CT molecular complexity index is 164. The molecule has 108 valence electrons. The molecule has 0 saturated heterocycles. The van der Waals surface area contributed by atoms with Gasteiger partial charge in [-0.25, -0.2) is 0 Å². The number of unbranched alkanes of at least 4 members (excludes halogenated alkanes) is 4. The summed E-state index contributed by atoms with van der Waals surface area (Å²) in [6, 6.07) is 0. The molecule has 1 atom stereocenters. The van der Waals surface area contributed by atoms with Crippen molar-refractivity contribution in [2.45, 2.75) is 95.4 Å². The molecule has 0 N–H and O–H groups in total. The van der Waals surface area contributed by atoms with E-state index in [9.17, 15) is 0 Å². The van der Waals surface area contributed by atoms with E-state index in [1.807, 2.05) is 0 Å². The van der Waals surface area contributed by atoms with Crippen LogP contribution in [0.4, 0.5) is 0 Å². The van der Waals surface area contributed by atoms with Crippen molar-refractivity contribution in [3.8, 4) is 0 Å². The fourth-order valence-electron chi connectivity index (χ4n) is 3.08. The monoisotopic (exact) mass is 268 g/mol. The molecule has 0 spiro atoms. The molecule has 0 amide bonds. The van der Waals surface area contributed by atoms with Gasteiger partial charge in [-0.2, -0.15) is 0 Å². The zero-order chi connectivity index (χ0) is 14.0. The summed E-state index contributed by atoms with van der Waals surface area (Å²) in [6.45, 7) is 14.5. The van der Waals surface area contributed by atoms with Gasteiger partial charge in [0.05, 0.1) is 0 Å². The Morgan fingerprint density at radius 2 is 1.22 bits per heavy atom. The van der Waals surface area contributed by atoms with Gasteiger partial charge in [0.15, 0.2) is 0 Å². The van der Waals surface area contributed by atoms with Gasteiger partial charge in [0, 0.05) is 0 Å². The Labute approximate surface area is 121 Å². The third-order valence-electron chi connectivity index (χ3n) is 4.12. The van der Waals surface area contributed by atoms with Crippen molar-refractivity contribution >= 4 is 14.1 Å². The minimum atomic E-state index is -0.502. The summed E-state index contributed by atoms with van der Waals surface area (Å²) in [6.07, 6.45) is 8.74. The van der Waals surface area contributed by atoms with Crippen molar-refractivity contribution in [1.29, 1.82) is 0 Å². The molecule has 0 heterocycles. The van der Waals surface area contributed by atoms with Gasteiger partial charge in [0.2, 0.25) is 0 Å². The second kappa shape index (κ2) is 11.4. The normalized spacial score (nSPS) is 13.3. The summed E-state index contributed by atoms with van der Waals surface area (Å²) in [5.41, 5.74) is 0. The minimum Gasteiger partial charge on any atom is -0.0914 e. The fraction of sp³-hybridized carbons (Fsp3) is 1.00. The Balaban J connectivity index is 3.92. The highest BCUT2D eigenvalue weighted by atomic mass is 27.2. The number of rotatable bonds is 11. The molecule has 0 aromatic rings. The molecule has 0 bridgehead atoms. The summed E-state index contributed by atoms with van der Waals surface area (Å²) in [4.78, 5) is 0. The molecule has 0 saturated carbocycles. The third kappa shape index (κ3) is 10.5. The highest BCUT2D eigenvalue weighted by Crippen LogP contribution is 2.28. The maximum absolute atomic E-state index is 2.56. The van der Waals surface area contributed by atoms with Crippen LogP contribution in [0.15, 0.2) is 0 Å². The van der Waals surface area contributed by atoms with E-state index in [2.05, 4.69) is 41.5 Å². The van der Waals surface area contributed by atoms with Gasteiger partial charge < -0.3 is 0 Å². The molecule has 0 aromatic carbocycles. The van der Waals surface area contributed by atoms with Gasteiger partial charge in [-0.15, -0.1) is 0 Å². The molecular formula is C17H37Al. The lowest BCUT2D eigenvalue weighted by atomic mass is 10.1. The van der Waals surface area contributed by atoms with Crippen LogP contribution in [0.2, 0.25) is 15.3 Å². The minimum absolute atomic E-state index is 0.502. The van der Waals surface area contributed by atoms with E-state index >= 15 is 0 Å². The van der Waals surface area contributed by atoms with Crippen LogP contribution in [-0.4, -0.2) is 14.1 Å². The molecule has 1 unspecified atom stereocenters. The van der Waals surface area contributed by atoms with Crippen LogP contribution >= 0.6 is 0 Å². The highest BCUT2D eigenvalue weighted by Gasteiger charge is 2.25. The zero-order valence-corrected chi connectivity index (χ0v) is 15.1. The predicted molar refractivity (Wildman–Crippen MR) is 87.8 cm³/mol. The van der Waals surface area contributed by atoms with Crippen LogP contribution in [0.25, 0.3) is 0 Å². The maximum Gasteiger partial charge on any atom is 0.265 e. The summed E-state index contributed by atoms with van der Waals surface area (Å²) < 4.78 is 1.07. The summed E-state index contributed by atoms with van der Waals surface area (Å²) >= 11 is -0.502. The Kier molecular flexibility index (Phi) is 11.7. The molecule has 0 radical (unpaired) electrons. The van der Waals surface area contributed by atoms with Gasteiger partial charge in [0.1, 0.15) is 0 Å². The summed E-state index contributed by atoms with van der Waals surface area (Å²) in [7, 11) is 0. The first-order chi connectivity index (χ1) is 8.47. The lowest BCUT2D eigenvalue weighted by molar-refractivity contribution is 0.588. The fourth-order valence-corrected chi connectivity index (χ4v) is 7.33. The van der Waals surface area contributed by atoms with Crippen LogP contribution in [0.1, 0.15) is 80.1 Å². The zero-order valence-electron chi connectivity index (χ0n) is 14.0. The smallest absolute Gasteiger partial charge is 0.0914 e. The Morgan fingerprint density at radius 1 is 0.722 bits per heavy atom. The van der Waals surface area contributed by atoms with Gasteiger partial charge >= 0.3 is 0 Å². The lowest BCUT2D eigenvalue weighted by Crippen LogP contribution is -2.22. The Hall–Kier alpha value is 0.532. The SMILES string of the molecule is CCCCCCC[CH](C)[Al]([CH2]C(C)C)[CH2]C(C)C. The molecule has 0 aliphatic carbocycles. The average molecular weight is 268 g/mol. The second-order valence-corrected chi connectivity index (χ2v) is 10.8. The van der Waals surface area contributed by atoms with E-state index in [4.69, 9.17) is 0 Å². The van der Waals surface area contributed by atoms with E-state index in [1.165, 1.54) is 38.5 Å². The van der Waals surface area contributed by atoms with Crippen LogP contribution in [-0.2, 0) is 0 Å². The van der Waals surface area contributed by atoms with Crippen molar-refractivity contribution in [1.82, 2.24) is 0 Å². The molecule has 0 fully saturated rings. The Morgan fingerprint density at radius 3 is 1.67 bits per heavy atom. The molecule has 1 heteroatoms. The quantitative estimate of drug-likeness (QED) is 0.294. The van der Waals surface area contributed by atoms with Crippen molar-refractivity contribution in [3.63, 3.8) is 0 Å². The number of hydrogen-bond acceptors (Lipinski definition) is 0. The molecule has 0 aliphatic rings. The summed E-state index contributed by atoms with van der Waals surface area (Å²) in [5.74, 6) is 1.84. The van der Waals surface area contributed by atoms with E-state index < -0.39 is 14.1 Å². The van der Waals surface area contributed by atoms with Gasteiger partial charge in [-0.1, -0.05) is 107 Å². The number of hydrogen-bond donors (Lipinski definition) is 0.